The van der Waals surface area contributed by atoms with Crippen molar-refractivity contribution in [2.45, 2.75) is 84.1 Å². The lowest BCUT2D eigenvalue weighted by molar-refractivity contribution is -0.123. The van der Waals surface area contributed by atoms with Gasteiger partial charge in [0, 0.05) is 112 Å². The quantitative estimate of drug-likeness (QED) is 0.116. The molecule has 3 N–H and O–H groups in total. The molecule has 6 heterocycles. The monoisotopic (exact) mass is 994 g/mol. The number of allylic oxidation sites excluding steroid dienone is 2. The molecule has 0 radical (unpaired) electrons. The van der Waals surface area contributed by atoms with Gasteiger partial charge in [0.05, 0.1) is 35.7 Å². The summed E-state index contributed by atoms with van der Waals surface area (Å²) in [6, 6.07) is 44.5. The van der Waals surface area contributed by atoms with Crippen LogP contribution in [0.3, 0.4) is 0 Å². The van der Waals surface area contributed by atoms with Gasteiger partial charge in [0.2, 0.25) is 0 Å². The number of H-pyrrole nitrogens is 2. The molecule has 4 aliphatic rings. The smallest absolute Gasteiger partial charge is 0.172 e. The van der Waals surface area contributed by atoms with E-state index in [2.05, 4.69) is 67.9 Å². The van der Waals surface area contributed by atoms with E-state index in [4.69, 9.17) is 14.6 Å². The van der Waals surface area contributed by atoms with Crippen molar-refractivity contribution in [1.82, 2.24) is 19.1 Å². The number of hydrogen-bond donors (Lipinski definition) is 3. The van der Waals surface area contributed by atoms with Crippen molar-refractivity contribution in [2.24, 2.45) is 0 Å². The van der Waals surface area contributed by atoms with Crippen molar-refractivity contribution in [3.63, 3.8) is 0 Å². The van der Waals surface area contributed by atoms with Crippen molar-refractivity contribution in [3.05, 3.63) is 203 Å². The van der Waals surface area contributed by atoms with E-state index in [1.165, 1.54) is 22.2 Å². The van der Waals surface area contributed by atoms with Crippen molar-refractivity contribution < 1.29 is 33.8 Å². The highest BCUT2D eigenvalue weighted by Crippen LogP contribution is 2.48. The number of nitrogens with one attached hydrogen (secondary N) is 2. The highest BCUT2D eigenvalue weighted by atomic mass is 16.5. The van der Waals surface area contributed by atoms with E-state index in [0.717, 1.165) is 123 Å². The fraction of sp³-hybridized carbons (Fsp3) is 0.219. The Labute approximate surface area is 434 Å². The van der Waals surface area contributed by atoms with Crippen molar-refractivity contribution in [2.75, 3.05) is 7.11 Å². The van der Waals surface area contributed by atoms with Gasteiger partial charge in [0.1, 0.15) is 36.3 Å². The maximum atomic E-state index is 13.3. The molecule has 0 amide bonds. The minimum absolute atomic E-state index is 0. The molecule has 10 aromatic rings. The van der Waals surface area contributed by atoms with Crippen LogP contribution in [0.4, 0.5) is 0 Å². The molecule has 0 bridgehead atoms. The van der Waals surface area contributed by atoms with E-state index in [1.54, 1.807) is 0 Å². The molecule has 1 saturated carbocycles. The Kier molecular flexibility index (Phi) is 13.3. The number of fused-ring (bicyclic) bond motifs is 2. The number of hydrogen-bond acceptors (Lipinski definition) is 7. The first-order chi connectivity index (χ1) is 36.3. The van der Waals surface area contributed by atoms with E-state index in [1.807, 2.05) is 109 Å². The summed E-state index contributed by atoms with van der Waals surface area (Å²) in [4.78, 5) is 59.6. The van der Waals surface area contributed by atoms with E-state index < -0.39 is 11.8 Å². The molecule has 11 heteroatoms. The zero-order chi connectivity index (χ0) is 50.5. The number of aromatic amines is 2. The fourth-order valence-corrected chi connectivity index (χ4v) is 12.0. The molecule has 376 valence electrons. The lowest BCUT2D eigenvalue weighted by Gasteiger charge is -2.17. The van der Waals surface area contributed by atoms with Crippen LogP contribution >= 0.6 is 0 Å². The maximum Gasteiger partial charge on any atom is 0.172 e. The van der Waals surface area contributed by atoms with Gasteiger partial charge in [-0.1, -0.05) is 104 Å². The minimum atomic E-state index is -0.481. The molecule has 2 aliphatic carbocycles. The van der Waals surface area contributed by atoms with Crippen LogP contribution in [-0.4, -0.2) is 54.5 Å². The SMILES string of the molecule is C.CO.O=C1CC(=O)C(c2cn3c4c(cccc24)CCC3)=C1c1c[nH]c2cc(OCc3ccccc3)ccc12.O=C1CC(=O)[C@@H](c2cn3c4c(cccc24)CCC3)[C@@H]1c1c[nH]c2cc(OCc3ccccc3)ccc12. The molecule has 0 spiro atoms. The van der Waals surface area contributed by atoms with Gasteiger partial charge in [-0.15, -0.1) is 0 Å². The molecule has 2 atom stereocenters. The normalized spacial score (nSPS) is 16.8. The number of nitrogens with zero attached hydrogens (tertiary/aromatic N) is 2. The zero-order valence-corrected chi connectivity index (χ0v) is 41.0. The van der Waals surface area contributed by atoms with E-state index in [9.17, 15) is 19.2 Å². The molecular weight excluding hydrogens is 937 g/mol. The second kappa shape index (κ2) is 20.4. The van der Waals surface area contributed by atoms with Gasteiger partial charge < -0.3 is 33.7 Å². The van der Waals surface area contributed by atoms with Gasteiger partial charge in [-0.05, 0) is 83.3 Å². The highest BCUT2D eigenvalue weighted by Gasteiger charge is 2.45. The number of ether oxygens (including phenoxy) is 2. The summed E-state index contributed by atoms with van der Waals surface area (Å²) < 4.78 is 16.5. The molecule has 0 saturated heterocycles. The maximum absolute atomic E-state index is 13.3. The molecule has 1 fully saturated rings. The number of aliphatic hydroxyl groups is 1. The fourth-order valence-electron chi connectivity index (χ4n) is 12.0. The van der Waals surface area contributed by atoms with Gasteiger partial charge in [-0.2, -0.15) is 0 Å². The first-order valence-corrected chi connectivity index (χ1v) is 25.4. The third-order valence-electron chi connectivity index (χ3n) is 15.2. The van der Waals surface area contributed by atoms with Crippen LogP contribution in [0.25, 0.3) is 54.8 Å². The summed E-state index contributed by atoms with van der Waals surface area (Å²) in [6.07, 6.45) is 12.1. The average molecular weight is 995 g/mol. The molecule has 2 aliphatic heterocycles. The molecular formula is C64H58N4O7. The van der Waals surface area contributed by atoms with Crippen LogP contribution in [0.1, 0.15) is 89.5 Å². The van der Waals surface area contributed by atoms with Crippen molar-refractivity contribution in [1.29, 1.82) is 0 Å². The number of carbonyl (C=O) groups excluding carboxylic acids is 4. The Morgan fingerprint density at radius 3 is 1.67 bits per heavy atom. The van der Waals surface area contributed by atoms with Crippen LogP contribution < -0.4 is 9.47 Å². The van der Waals surface area contributed by atoms with Gasteiger partial charge in [-0.25, -0.2) is 0 Å². The standard InChI is InChI=1S/C31H26N2O3.C31H24N2O3.CH4O.CH4/c2*34-27-15-28(35)30(25-17-33-13-5-9-20-8-4-10-23(25)31(20)33)29(27)24-16-32-26-14-21(11-12-22(24)26)36-18-19-6-2-1-3-7-19;1-2;/h1-4,6-8,10-12,14,16-17,29-30,32H,5,9,13,15,18H2;1-4,6-8,10-12,14,16-17,32H,5,9,13,15,18H2;2H,1H3;1H4/t29-,30-;;;/m1.../s1. The summed E-state index contributed by atoms with van der Waals surface area (Å²) >= 11 is 0. The third-order valence-corrected chi connectivity index (χ3v) is 15.2. The molecule has 6 aromatic carbocycles. The largest absolute Gasteiger partial charge is 0.489 e. The van der Waals surface area contributed by atoms with Crippen LogP contribution in [-0.2, 0) is 58.3 Å². The number of aromatic nitrogens is 4. The van der Waals surface area contributed by atoms with Gasteiger partial charge in [-0.3, -0.25) is 19.2 Å². The lowest BCUT2D eigenvalue weighted by atomic mass is 9.83. The highest BCUT2D eigenvalue weighted by molar-refractivity contribution is 6.52. The Hall–Kier alpha value is -8.54. The molecule has 75 heavy (non-hydrogen) atoms. The molecule has 4 aromatic heterocycles. The minimum Gasteiger partial charge on any atom is -0.489 e. The second-order valence-corrected chi connectivity index (χ2v) is 19.6. The summed E-state index contributed by atoms with van der Waals surface area (Å²) in [5.41, 5.74) is 13.6. The Balaban J connectivity index is 0.000000154. The number of rotatable bonds is 10. The molecule has 0 unspecified atom stereocenters. The van der Waals surface area contributed by atoms with Gasteiger partial charge in [0.15, 0.2) is 11.6 Å². The number of ketones is 4. The summed E-state index contributed by atoms with van der Waals surface area (Å²) in [6.45, 7) is 2.85. The topological polar surface area (TPSA) is 148 Å². The zero-order valence-electron chi connectivity index (χ0n) is 41.0. The van der Waals surface area contributed by atoms with Crippen LogP contribution in [0.2, 0.25) is 0 Å². The average Bonchev–Trinajstić information content (AvgIpc) is 4.30. The number of aliphatic hydroxyl groups excluding tert-OH is 1. The van der Waals surface area contributed by atoms with E-state index >= 15 is 0 Å². The van der Waals surface area contributed by atoms with Crippen LogP contribution in [0.5, 0.6) is 11.5 Å². The summed E-state index contributed by atoms with van der Waals surface area (Å²) in [7, 11) is 1.00. The van der Waals surface area contributed by atoms with Gasteiger partial charge in [0.25, 0.3) is 0 Å². The number of benzene rings is 6. The van der Waals surface area contributed by atoms with E-state index in [-0.39, 0.29) is 43.4 Å². The Morgan fingerprint density at radius 1 is 0.520 bits per heavy atom. The second-order valence-electron chi connectivity index (χ2n) is 19.6. The van der Waals surface area contributed by atoms with E-state index in [0.29, 0.717) is 24.4 Å². The number of carbonyl (C=O) groups is 4. The van der Waals surface area contributed by atoms with Gasteiger partial charge >= 0.3 is 0 Å². The predicted molar refractivity (Wildman–Crippen MR) is 295 cm³/mol. The lowest BCUT2D eigenvalue weighted by Crippen LogP contribution is -2.14. The first kappa shape index (κ1) is 48.7. The number of aryl methyl sites for hydroxylation is 4. The predicted octanol–water partition coefficient (Wildman–Crippen LogP) is 12.4. The van der Waals surface area contributed by atoms with Crippen molar-refractivity contribution in [3.8, 4) is 11.5 Å². The number of Topliss-reactive ketones (excluding diaryl/α,β-unsaturated/α-hetero) is 4. The van der Waals surface area contributed by atoms with Crippen LogP contribution in [0, 0.1) is 0 Å². The number of para-hydroxylation sites is 2. The first-order valence-electron chi connectivity index (χ1n) is 25.4. The Bertz CT molecular complexity index is 3870. The molecule has 14 rings (SSSR count). The van der Waals surface area contributed by atoms with Crippen LogP contribution in [0.15, 0.2) is 158 Å². The summed E-state index contributed by atoms with van der Waals surface area (Å²) in [5.74, 6) is 0.375. The third kappa shape index (κ3) is 8.76. The molecule has 11 nitrogen and oxygen atoms in total. The Morgan fingerprint density at radius 2 is 1.04 bits per heavy atom. The van der Waals surface area contributed by atoms with Crippen molar-refractivity contribution >= 4 is 77.9 Å². The summed E-state index contributed by atoms with van der Waals surface area (Å²) in [5, 5.41) is 11.0.